The minimum absolute atomic E-state index is 0.0771. The van der Waals surface area contributed by atoms with Crippen LogP contribution in [0.1, 0.15) is 6.42 Å². The van der Waals surface area contributed by atoms with E-state index in [0.29, 0.717) is 12.2 Å². The molecule has 0 fully saturated rings. The molecule has 1 aromatic rings. The average Bonchev–Trinajstić information content (AvgIpc) is 2.25. The highest BCUT2D eigenvalue weighted by molar-refractivity contribution is 7.99. The molecule has 0 amide bonds. The van der Waals surface area contributed by atoms with Crippen LogP contribution in [-0.4, -0.2) is 28.5 Å². The largest absolute Gasteiger partial charge is 0.481 e. The van der Waals surface area contributed by atoms with E-state index in [0.717, 1.165) is 4.90 Å². The standard InChI is InChI=1S/C11H14O3S/c12-7-6-9(11(13)14)8-15-10-4-2-1-3-5-10/h1-5,9,12H,6-8H2,(H,13,14)/t9-/m0/s1. The summed E-state index contributed by atoms with van der Waals surface area (Å²) in [6.45, 7) is -0.0771. The lowest BCUT2D eigenvalue weighted by atomic mass is 10.1. The summed E-state index contributed by atoms with van der Waals surface area (Å²) in [4.78, 5) is 11.8. The fourth-order valence-corrected chi connectivity index (χ4v) is 2.20. The molecule has 0 unspecified atom stereocenters. The first kappa shape index (κ1) is 12.1. The van der Waals surface area contributed by atoms with Gasteiger partial charge < -0.3 is 10.2 Å². The van der Waals surface area contributed by atoms with E-state index in [9.17, 15) is 4.79 Å². The van der Waals surface area contributed by atoms with Crippen molar-refractivity contribution in [2.75, 3.05) is 12.4 Å². The third kappa shape index (κ3) is 4.36. The van der Waals surface area contributed by atoms with Gasteiger partial charge in [-0.2, -0.15) is 0 Å². The predicted molar refractivity (Wildman–Crippen MR) is 60.0 cm³/mol. The number of hydrogen-bond acceptors (Lipinski definition) is 3. The van der Waals surface area contributed by atoms with E-state index < -0.39 is 11.9 Å². The van der Waals surface area contributed by atoms with Crippen molar-refractivity contribution in [3.63, 3.8) is 0 Å². The van der Waals surface area contributed by atoms with Crippen LogP contribution < -0.4 is 0 Å². The van der Waals surface area contributed by atoms with Gasteiger partial charge in [0.15, 0.2) is 0 Å². The van der Waals surface area contributed by atoms with Crippen molar-refractivity contribution in [3.05, 3.63) is 30.3 Å². The highest BCUT2D eigenvalue weighted by atomic mass is 32.2. The lowest BCUT2D eigenvalue weighted by Gasteiger charge is -2.09. The highest BCUT2D eigenvalue weighted by Crippen LogP contribution is 2.21. The first-order valence-electron chi connectivity index (χ1n) is 4.75. The Morgan fingerprint density at radius 1 is 1.33 bits per heavy atom. The Labute approximate surface area is 93.1 Å². The fourth-order valence-electron chi connectivity index (χ4n) is 1.15. The monoisotopic (exact) mass is 226 g/mol. The summed E-state index contributed by atoms with van der Waals surface area (Å²) in [6.07, 6.45) is 0.315. The number of aliphatic hydroxyl groups excluding tert-OH is 1. The van der Waals surface area contributed by atoms with Crippen LogP contribution in [0.15, 0.2) is 35.2 Å². The van der Waals surface area contributed by atoms with Gasteiger partial charge in [-0.05, 0) is 18.6 Å². The number of rotatable bonds is 6. The van der Waals surface area contributed by atoms with Gasteiger partial charge in [-0.3, -0.25) is 4.79 Å². The lowest BCUT2D eigenvalue weighted by Crippen LogP contribution is -2.17. The molecule has 0 radical (unpaired) electrons. The van der Waals surface area contributed by atoms with Crippen LogP contribution in [0.5, 0.6) is 0 Å². The summed E-state index contributed by atoms with van der Waals surface area (Å²) < 4.78 is 0. The zero-order chi connectivity index (χ0) is 11.1. The van der Waals surface area contributed by atoms with Gasteiger partial charge in [0.2, 0.25) is 0 Å². The normalized spacial score (nSPS) is 12.3. The van der Waals surface area contributed by atoms with Crippen LogP contribution in [-0.2, 0) is 4.79 Å². The molecule has 0 heterocycles. The summed E-state index contributed by atoms with van der Waals surface area (Å²) in [5.74, 6) is -0.812. The van der Waals surface area contributed by atoms with Crippen LogP contribution in [0, 0.1) is 5.92 Å². The van der Waals surface area contributed by atoms with Crippen molar-refractivity contribution < 1.29 is 15.0 Å². The van der Waals surface area contributed by atoms with Crippen LogP contribution >= 0.6 is 11.8 Å². The number of thioether (sulfide) groups is 1. The molecule has 1 atom stereocenters. The van der Waals surface area contributed by atoms with Crippen molar-refractivity contribution in [1.29, 1.82) is 0 Å². The second kappa shape index (κ2) is 6.48. The van der Waals surface area contributed by atoms with Gasteiger partial charge in [-0.1, -0.05) is 18.2 Å². The van der Waals surface area contributed by atoms with Gasteiger partial charge in [-0.15, -0.1) is 11.8 Å². The SMILES string of the molecule is O=C(O)[C@@H](CCO)CSc1ccccc1. The molecule has 0 bridgehead atoms. The second-order valence-corrected chi connectivity index (χ2v) is 4.26. The van der Waals surface area contributed by atoms with E-state index in [4.69, 9.17) is 10.2 Å². The molecular weight excluding hydrogens is 212 g/mol. The maximum Gasteiger partial charge on any atom is 0.307 e. The summed E-state index contributed by atoms with van der Waals surface area (Å²) in [5.41, 5.74) is 0. The van der Waals surface area contributed by atoms with Gasteiger partial charge in [0, 0.05) is 17.3 Å². The van der Waals surface area contributed by atoms with Crippen molar-refractivity contribution in [3.8, 4) is 0 Å². The number of aliphatic hydroxyl groups is 1. The second-order valence-electron chi connectivity index (χ2n) is 3.17. The smallest absolute Gasteiger partial charge is 0.307 e. The summed E-state index contributed by atoms with van der Waals surface area (Å²) in [5, 5.41) is 17.6. The van der Waals surface area contributed by atoms with Crippen molar-refractivity contribution >= 4 is 17.7 Å². The number of benzene rings is 1. The maximum atomic E-state index is 10.8. The molecular formula is C11H14O3S. The maximum absolute atomic E-state index is 10.8. The number of carboxylic acid groups (broad SMARTS) is 1. The average molecular weight is 226 g/mol. The molecule has 0 spiro atoms. The molecule has 0 aromatic heterocycles. The van der Waals surface area contributed by atoms with Gasteiger partial charge in [0.1, 0.15) is 0 Å². The van der Waals surface area contributed by atoms with E-state index >= 15 is 0 Å². The topological polar surface area (TPSA) is 57.5 Å². The van der Waals surface area contributed by atoms with Gasteiger partial charge in [0.25, 0.3) is 0 Å². The Balaban J connectivity index is 2.43. The van der Waals surface area contributed by atoms with Crippen LogP contribution in [0.25, 0.3) is 0 Å². The molecule has 2 N–H and O–H groups in total. The number of hydrogen-bond donors (Lipinski definition) is 2. The summed E-state index contributed by atoms with van der Waals surface area (Å²) >= 11 is 1.50. The third-order valence-corrected chi connectivity index (χ3v) is 3.20. The molecule has 0 saturated carbocycles. The molecule has 0 aliphatic carbocycles. The zero-order valence-electron chi connectivity index (χ0n) is 8.30. The van der Waals surface area contributed by atoms with Crippen molar-refractivity contribution in [1.82, 2.24) is 0 Å². The number of carboxylic acids is 1. The van der Waals surface area contributed by atoms with Crippen LogP contribution in [0.4, 0.5) is 0 Å². The lowest BCUT2D eigenvalue weighted by molar-refractivity contribution is -0.141. The van der Waals surface area contributed by atoms with E-state index in [1.807, 2.05) is 30.3 Å². The van der Waals surface area contributed by atoms with Gasteiger partial charge >= 0.3 is 5.97 Å². The van der Waals surface area contributed by atoms with E-state index in [1.54, 1.807) is 0 Å². The van der Waals surface area contributed by atoms with Gasteiger partial charge in [0.05, 0.1) is 5.92 Å². The Morgan fingerprint density at radius 2 is 2.00 bits per heavy atom. The highest BCUT2D eigenvalue weighted by Gasteiger charge is 2.16. The zero-order valence-corrected chi connectivity index (χ0v) is 9.11. The first-order chi connectivity index (χ1) is 7.24. The summed E-state index contributed by atoms with van der Waals surface area (Å²) in [7, 11) is 0. The Bertz CT molecular complexity index is 300. The Hall–Kier alpha value is -1.00. The molecule has 1 aromatic carbocycles. The molecule has 4 heteroatoms. The minimum Gasteiger partial charge on any atom is -0.481 e. The molecule has 0 saturated heterocycles. The van der Waals surface area contributed by atoms with Crippen LogP contribution in [0.2, 0.25) is 0 Å². The Kier molecular flexibility index (Phi) is 5.21. The molecule has 1 rings (SSSR count). The number of aliphatic carboxylic acids is 1. The van der Waals surface area contributed by atoms with Crippen molar-refractivity contribution in [2.24, 2.45) is 5.92 Å². The molecule has 3 nitrogen and oxygen atoms in total. The Morgan fingerprint density at radius 3 is 2.53 bits per heavy atom. The minimum atomic E-state index is -0.840. The van der Waals surface area contributed by atoms with Gasteiger partial charge in [-0.25, -0.2) is 0 Å². The van der Waals surface area contributed by atoms with Crippen molar-refractivity contribution in [2.45, 2.75) is 11.3 Å². The van der Waals surface area contributed by atoms with E-state index in [-0.39, 0.29) is 6.61 Å². The third-order valence-electron chi connectivity index (χ3n) is 2.02. The van der Waals surface area contributed by atoms with Crippen LogP contribution in [0.3, 0.4) is 0 Å². The van der Waals surface area contributed by atoms with E-state index in [2.05, 4.69) is 0 Å². The molecule has 0 aliphatic heterocycles. The molecule has 15 heavy (non-hydrogen) atoms. The molecule has 0 aliphatic rings. The fraction of sp³-hybridized carbons (Fsp3) is 0.364. The number of carbonyl (C=O) groups is 1. The molecule has 82 valence electrons. The predicted octanol–water partition coefficient (Wildman–Crippen LogP) is 1.86. The first-order valence-corrected chi connectivity index (χ1v) is 5.74. The van der Waals surface area contributed by atoms with E-state index in [1.165, 1.54) is 11.8 Å². The quantitative estimate of drug-likeness (QED) is 0.727. The summed E-state index contributed by atoms with van der Waals surface area (Å²) in [6, 6.07) is 9.66.